The lowest BCUT2D eigenvalue weighted by Gasteiger charge is -2.20. The van der Waals surface area contributed by atoms with Gasteiger partial charge in [-0.2, -0.15) is 5.26 Å². The summed E-state index contributed by atoms with van der Waals surface area (Å²) in [5.41, 5.74) is 5.63. The van der Waals surface area contributed by atoms with Crippen LogP contribution < -0.4 is 0 Å². The summed E-state index contributed by atoms with van der Waals surface area (Å²) in [7, 11) is 0. The maximum Gasteiger partial charge on any atom is 0.109 e. The summed E-state index contributed by atoms with van der Waals surface area (Å²) < 4.78 is 6.49. The molecule has 0 aliphatic heterocycles. The van der Waals surface area contributed by atoms with Crippen LogP contribution in [0, 0.1) is 11.3 Å². The summed E-state index contributed by atoms with van der Waals surface area (Å²) in [5.74, 6) is 0. The zero-order valence-electron chi connectivity index (χ0n) is 20.2. The number of fused-ring (bicyclic) bond motifs is 2. The first kappa shape index (κ1) is 22.7. The van der Waals surface area contributed by atoms with Crippen LogP contribution in [0.25, 0.3) is 32.7 Å². The largest absolute Gasteiger partial charge is 0.364 e. The molecule has 0 aliphatic rings. The van der Waals surface area contributed by atoms with E-state index in [1.807, 2.05) is 48.7 Å². The van der Waals surface area contributed by atoms with Gasteiger partial charge in [-0.1, -0.05) is 84.9 Å². The van der Waals surface area contributed by atoms with Crippen molar-refractivity contribution in [3.8, 4) is 17.2 Å². The van der Waals surface area contributed by atoms with E-state index in [1.54, 1.807) is 6.20 Å². The Morgan fingerprint density at radius 1 is 0.676 bits per heavy atom. The van der Waals surface area contributed by atoms with Crippen LogP contribution in [0.1, 0.15) is 28.4 Å². The fraction of sp³-hybridized carbons (Fsp3) is 0.0588. The van der Waals surface area contributed by atoms with Crippen molar-refractivity contribution in [1.29, 1.82) is 5.26 Å². The summed E-state index contributed by atoms with van der Waals surface area (Å²) >= 11 is 0. The molecule has 3 nitrogen and oxygen atoms in total. The molecule has 1 unspecified atom stereocenters. The summed E-state index contributed by atoms with van der Waals surface area (Å²) in [6.07, 6.45) is 3.29. The molecule has 0 radical (unpaired) electrons. The summed E-state index contributed by atoms with van der Waals surface area (Å²) in [6.45, 7) is 0.468. The summed E-state index contributed by atoms with van der Waals surface area (Å²) in [6, 6.07) is 41.6. The lowest BCUT2D eigenvalue weighted by atomic mass is 9.90. The van der Waals surface area contributed by atoms with Crippen LogP contribution in [0.2, 0.25) is 0 Å². The standard InChI is InChI=1S/C34H24N2O/c35-21-29-16-15-28(34(30-13-7-17-36-22-30)37-23-24-8-2-1-3-9-24)20-33(29)31-14-6-12-27-18-25-10-4-5-11-26(25)19-32(27)31/h1-20,22,34H,23H2. The molecule has 0 saturated heterocycles. The van der Waals surface area contributed by atoms with Crippen molar-refractivity contribution in [3.05, 3.63) is 150 Å². The smallest absolute Gasteiger partial charge is 0.109 e. The number of hydrogen-bond acceptors (Lipinski definition) is 3. The van der Waals surface area contributed by atoms with Crippen molar-refractivity contribution in [2.24, 2.45) is 0 Å². The molecule has 1 atom stereocenters. The minimum Gasteiger partial charge on any atom is -0.364 e. The summed E-state index contributed by atoms with van der Waals surface area (Å²) in [5, 5.41) is 14.7. The number of aromatic nitrogens is 1. The van der Waals surface area contributed by atoms with Gasteiger partial charge in [0, 0.05) is 23.5 Å². The van der Waals surface area contributed by atoms with Gasteiger partial charge in [0.25, 0.3) is 0 Å². The van der Waals surface area contributed by atoms with Crippen molar-refractivity contribution < 1.29 is 4.74 Å². The third-order valence-corrected chi connectivity index (χ3v) is 6.75. The van der Waals surface area contributed by atoms with Crippen molar-refractivity contribution in [3.63, 3.8) is 0 Å². The first-order valence-corrected chi connectivity index (χ1v) is 12.3. The normalized spacial score (nSPS) is 11.9. The van der Waals surface area contributed by atoms with E-state index >= 15 is 0 Å². The van der Waals surface area contributed by atoms with E-state index in [-0.39, 0.29) is 6.10 Å². The van der Waals surface area contributed by atoms with Gasteiger partial charge in [0.05, 0.1) is 18.2 Å². The molecule has 37 heavy (non-hydrogen) atoms. The monoisotopic (exact) mass is 476 g/mol. The first-order valence-electron chi connectivity index (χ1n) is 12.3. The lowest BCUT2D eigenvalue weighted by Crippen LogP contribution is -2.07. The van der Waals surface area contributed by atoms with Crippen LogP contribution in [0.3, 0.4) is 0 Å². The number of pyridine rings is 1. The zero-order chi connectivity index (χ0) is 25.0. The summed E-state index contributed by atoms with van der Waals surface area (Å²) in [4.78, 5) is 4.34. The predicted molar refractivity (Wildman–Crippen MR) is 149 cm³/mol. The van der Waals surface area contributed by atoms with Gasteiger partial charge in [-0.3, -0.25) is 4.98 Å². The average Bonchev–Trinajstić information content (AvgIpc) is 2.97. The van der Waals surface area contributed by atoms with E-state index in [4.69, 9.17) is 4.74 Å². The molecule has 0 fully saturated rings. The van der Waals surface area contributed by atoms with Gasteiger partial charge in [0.2, 0.25) is 0 Å². The fourth-order valence-corrected chi connectivity index (χ4v) is 4.92. The van der Waals surface area contributed by atoms with Gasteiger partial charge in [-0.25, -0.2) is 0 Å². The average molecular weight is 477 g/mol. The Balaban J connectivity index is 1.48. The van der Waals surface area contributed by atoms with Crippen LogP contribution >= 0.6 is 0 Å². The van der Waals surface area contributed by atoms with Gasteiger partial charge in [-0.05, 0) is 68.6 Å². The van der Waals surface area contributed by atoms with Crippen molar-refractivity contribution >= 4 is 21.5 Å². The van der Waals surface area contributed by atoms with E-state index in [2.05, 4.69) is 83.8 Å². The highest BCUT2D eigenvalue weighted by Crippen LogP contribution is 2.36. The minimum absolute atomic E-state index is 0.323. The van der Waals surface area contributed by atoms with Crippen molar-refractivity contribution in [1.82, 2.24) is 4.98 Å². The molecule has 6 rings (SSSR count). The van der Waals surface area contributed by atoms with Crippen molar-refractivity contribution in [2.45, 2.75) is 12.7 Å². The minimum atomic E-state index is -0.323. The van der Waals surface area contributed by atoms with Gasteiger partial charge < -0.3 is 4.74 Å². The molecule has 0 spiro atoms. The van der Waals surface area contributed by atoms with Crippen LogP contribution in [0.5, 0.6) is 0 Å². The van der Waals surface area contributed by atoms with Crippen LogP contribution in [-0.2, 0) is 11.3 Å². The van der Waals surface area contributed by atoms with E-state index in [0.717, 1.165) is 38.6 Å². The topological polar surface area (TPSA) is 45.9 Å². The Labute approximate surface area is 216 Å². The third kappa shape index (κ3) is 4.59. The quantitative estimate of drug-likeness (QED) is 0.227. The molecule has 0 N–H and O–H groups in total. The Morgan fingerprint density at radius 3 is 2.24 bits per heavy atom. The molecular weight excluding hydrogens is 452 g/mol. The van der Waals surface area contributed by atoms with Gasteiger partial charge in [0.1, 0.15) is 6.10 Å². The molecule has 0 saturated carbocycles. The number of ether oxygens (including phenoxy) is 1. The second-order valence-corrected chi connectivity index (χ2v) is 9.11. The maximum absolute atomic E-state index is 10.0. The third-order valence-electron chi connectivity index (χ3n) is 6.75. The molecule has 6 aromatic rings. The van der Waals surface area contributed by atoms with Crippen molar-refractivity contribution in [2.75, 3.05) is 0 Å². The second kappa shape index (κ2) is 10.1. The highest BCUT2D eigenvalue weighted by molar-refractivity contribution is 6.05. The Hall–Kier alpha value is -4.78. The molecule has 0 bridgehead atoms. The zero-order valence-corrected chi connectivity index (χ0v) is 20.2. The molecule has 3 heteroatoms. The van der Waals surface area contributed by atoms with Gasteiger partial charge in [0.15, 0.2) is 0 Å². The number of hydrogen-bond donors (Lipinski definition) is 0. The van der Waals surface area contributed by atoms with Crippen LogP contribution in [0.15, 0.2) is 128 Å². The van der Waals surface area contributed by atoms with E-state index < -0.39 is 0 Å². The number of benzene rings is 5. The van der Waals surface area contributed by atoms with Crippen LogP contribution in [-0.4, -0.2) is 4.98 Å². The number of rotatable bonds is 6. The highest BCUT2D eigenvalue weighted by atomic mass is 16.5. The Bertz CT molecular complexity index is 1740. The van der Waals surface area contributed by atoms with E-state index in [1.165, 1.54) is 10.8 Å². The maximum atomic E-state index is 10.0. The lowest BCUT2D eigenvalue weighted by molar-refractivity contribution is 0.0665. The second-order valence-electron chi connectivity index (χ2n) is 9.11. The fourth-order valence-electron chi connectivity index (χ4n) is 4.92. The Morgan fingerprint density at radius 2 is 1.46 bits per heavy atom. The van der Waals surface area contributed by atoms with E-state index in [0.29, 0.717) is 12.2 Å². The molecule has 1 aromatic heterocycles. The SMILES string of the molecule is N#Cc1ccc(C(OCc2ccccc2)c2cccnc2)cc1-c1cccc2cc3ccccc3cc12. The van der Waals surface area contributed by atoms with Crippen LogP contribution in [0.4, 0.5) is 0 Å². The number of nitriles is 1. The molecule has 0 amide bonds. The molecule has 176 valence electrons. The first-order chi connectivity index (χ1) is 18.3. The van der Waals surface area contributed by atoms with Gasteiger partial charge in [-0.15, -0.1) is 0 Å². The number of nitrogens with zero attached hydrogens (tertiary/aromatic N) is 2. The molecule has 1 heterocycles. The van der Waals surface area contributed by atoms with Gasteiger partial charge >= 0.3 is 0 Å². The Kier molecular flexibility index (Phi) is 6.17. The highest BCUT2D eigenvalue weighted by Gasteiger charge is 2.19. The molecule has 5 aromatic carbocycles. The van der Waals surface area contributed by atoms with E-state index in [9.17, 15) is 5.26 Å². The predicted octanol–water partition coefficient (Wildman–Crippen LogP) is 8.23. The molecular formula is C34H24N2O. The molecule has 0 aliphatic carbocycles.